The second-order valence-corrected chi connectivity index (χ2v) is 3.83. The summed E-state index contributed by atoms with van der Waals surface area (Å²) < 4.78 is 0. The van der Waals surface area contributed by atoms with Gasteiger partial charge in [-0.25, -0.2) is 9.59 Å². The van der Waals surface area contributed by atoms with Gasteiger partial charge in [0.15, 0.2) is 0 Å². The van der Waals surface area contributed by atoms with Crippen molar-refractivity contribution in [3.63, 3.8) is 0 Å². The Morgan fingerprint density at radius 3 is 1.95 bits per heavy atom. The van der Waals surface area contributed by atoms with E-state index >= 15 is 0 Å². The highest BCUT2D eigenvalue weighted by atomic mass is 16.4. The number of hydrogen-bond donors (Lipinski definition) is 7. The first kappa shape index (κ1) is 17.6. The van der Waals surface area contributed by atoms with E-state index in [9.17, 15) is 9.59 Å². The lowest BCUT2D eigenvalue weighted by Crippen LogP contribution is -2.47. The van der Waals surface area contributed by atoms with Gasteiger partial charge in [0.2, 0.25) is 0 Å². The van der Waals surface area contributed by atoms with E-state index in [1.165, 1.54) is 0 Å². The number of amides is 1. The van der Waals surface area contributed by atoms with Crippen LogP contribution in [0.5, 0.6) is 0 Å². The molecule has 0 aliphatic rings. The summed E-state index contributed by atoms with van der Waals surface area (Å²) >= 11 is 0. The Kier molecular flexibility index (Phi) is 10.8. The zero-order chi connectivity index (χ0) is 14.5. The van der Waals surface area contributed by atoms with Crippen molar-refractivity contribution in [1.29, 1.82) is 0 Å². The lowest BCUT2D eigenvalue weighted by atomic mass is 10.3. The zero-order valence-corrected chi connectivity index (χ0v) is 10.8. The maximum absolute atomic E-state index is 10.7. The molecule has 0 aliphatic heterocycles. The molecule has 0 radical (unpaired) electrons. The summed E-state index contributed by atoms with van der Waals surface area (Å²) in [6.45, 7) is 4.27. The maximum Gasteiger partial charge on any atom is 0.405 e. The highest BCUT2D eigenvalue weighted by Crippen LogP contribution is 1.82. The van der Waals surface area contributed by atoms with Crippen LogP contribution in [0.2, 0.25) is 0 Å². The van der Waals surface area contributed by atoms with Gasteiger partial charge in [0.05, 0.1) is 0 Å². The molecule has 0 saturated heterocycles. The van der Waals surface area contributed by atoms with Crippen LogP contribution in [-0.2, 0) is 4.79 Å². The zero-order valence-electron chi connectivity index (χ0n) is 10.8. The molecule has 1 atom stereocenters. The molecule has 0 aromatic rings. The van der Waals surface area contributed by atoms with Crippen molar-refractivity contribution in [2.75, 3.05) is 45.8 Å². The van der Waals surface area contributed by atoms with Crippen molar-refractivity contribution < 1.29 is 19.8 Å². The summed E-state index contributed by atoms with van der Waals surface area (Å²) in [6, 6.07) is -1.14. The average Bonchev–Trinajstić information content (AvgIpc) is 2.34. The standard InChI is InChI=1S/C10H23N5O4/c11-1-2-12-3-4-13-5-6-14-7-8(9(16)17)15-10(18)19/h8,12-15H,1-7,11H2,(H,16,17)(H,18,19). The van der Waals surface area contributed by atoms with Crippen LogP contribution in [-0.4, -0.2) is 74.1 Å². The van der Waals surface area contributed by atoms with Gasteiger partial charge in [0, 0.05) is 45.8 Å². The normalized spacial score (nSPS) is 12.1. The molecule has 1 unspecified atom stereocenters. The molecule has 9 nitrogen and oxygen atoms in total. The number of nitrogens with two attached hydrogens (primary N) is 1. The number of carboxylic acids is 1. The molecule has 19 heavy (non-hydrogen) atoms. The summed E-state index contributed by atoms with van der Waals surface area (Å²) in [7, 11) is 0. The van der Waals surface area contributed by atoms with Crippen LogP contribution in [0.15, 0.2) is 0 Å². The topological polar surface area (TPSA) is 149 Å². The van der Waals surface area contributed by atoms with E-state index in [4.69, 9.17) is 15.9 Å². The molecule has 0 bridgehead atoms. The Hall–Kier alpha value is -1.42. The minimum absolute atomic E-state index is 0.0503. The van der Waals surface area contributed by atoms with Crippen LogP contribution < -0.4 is 27.0 Å². The minimum atomic E-state index is -1.35. The highest BCUT2D eigenvalue weighted by Gasteiger charge is 2.18. The number of carbonyl (C=O) groups is 2. The SMILES string of the molecule is NCCNCCNCCNCC(NC(=O)O)C(=O)O. The van der Waals surface area contributed by atoms with E-state index in [0.717, 1.165) is 19.6 Å². The lowest BCUT2D eigenvalue weighted by Gasteiger charge is -2.13. The van der Waals surface area contributed by atoms with E-state index in [2.05, 4.69) is 16.0 Å². The van der Waals surface area contributed by atoms with Crippen molar-refractivity contribution in [3.05, 3.63) is 0 Å². The van der Waals surface area contributed by atoms with Crippen LogP contribution in [0.3, 0.4) is 0 Å². The third-order valence-electron chi connectivity index (χ3n) is 2.22. The first-order valence-corrected chi connectivity index (χ1v) is 6.12. The fourth-order valence-corrected chi connectivity index (χ4v) is 1.30. The Morgan fingerprint density at radius 2 is 1.47 bits per heavy atom. The van der Waals surface area contributed by atoms with Gasteiger partial charge >= 0.3 is 12.1 Å². The quantitative estimate of drug-likeness (QED) is 0.193. The Balaban J connectivity index is 3.45. The number of carboxylic acid groups (broad SMARTS) is 2. The lowest BCUT2D eigenvalue weighted by molar-refractivity contribution is -0.139. The number of aliphatic carboxylic acids is 1. The van der Waals surface area contributed by atoms with Crippen LogP contribution >= 0.6 is 0 Å². The molecule has 0 spiro atoms. The van der Waals surface area contributed by atoms with E-state index in [1.807, 2.05) is 5.32 Å². The molecule has 0 aromatic heterocycles. The predicted molar refractivity (Wildman–Crippen MR) is 70.2 cm³/mol. The van der Waals surface area contributed by atoms with Gasteiger partial charge in [0.1, 0.15) is 6.04 Å². The summed E-state index contributed by atoms with van der Waals surface area (Å²) in [5, 5.41) is 28.2. The van der Waals surface area contributed by atoms with Gasteiger partial charge in [-0.3, -0.25) is 0 Å². The fraction of sp³-hybridized carbons (Fsp3) is 0.800. The summed E-state index contributed by atoms with van der Waals surface area (Å²) in [6.07, 6.45) is -1.35. The highest BCUT2D eigenvalue weighted by molar-refractivity contribution is 5.79. The van der Waals surface area contributed by atoms with Gasteiger partial charge in [-0.1, -0.05) is 0 Å². The predicted octanol–water partition coefficient (Wildman–Crippen LogP) is -2.57. The van der Waals surface area contributed by atoms with Crippen molar-refractivity contribution in [1.82, 2.24) is 21.3 Å². The van der Waals surface area contributed by atoms with Crippen LogP contribution in [0.4, 0.5) is 4.79 Å². The number of rotatable bonds is 12. The molecule has 0 heterocycles. The Morgan fingerprint density at radius 1 is 0.947 bits per heavy atom. The molecular formula is C10H23N5O4. The summed E-state index contributed by atoms with van der Waals surface area (Å²) in [4.78, 5) is 21.0. The minimum Gasteiger partial charge on any atom is -0.480 e. The van der Waals surface area contributed by atoms with Gasteiger partial charge in [-0.2, -0.15) is 0 Å². The molecular weight excluding hydrogens is 254 g/mol. The van der Waals surface area contributed by atoms with Gasteiger partial charge in [-0.15, -0.1) is 0 Å². The number of hydrogen-bond acceptors (Lipinski definition) is 6. The van der Waals surface area contributed by atoms with Crippen molar-refractivity contribution in [2.45, 2.75) is 6.04 Å². The summed E-state index contributed by atoms with van der Waals surface area (Å²) in [5.41, 5.74) is 5.31. The van der Waals surface area contributed by atoms with Crippen molar-refractivity contribution in [3.8, 4) is 0 Å². The van der Waals surface area contributed by atoms with E-state index in [-0.39, 0.29) is 6.54 Å². The Bertz CT molecular complexity index is 264. The van der Waals surface area contributed by atoms with Crippen LogP contribution in [0.25, 0.3) is 0 Å². The first-order valence-electron chi connectivity index (χ1n) is 6.12. The van der Waals surface area contributed by atoms with E-state index < -0.39 is 18.1 Å². The molecule has 112 valence electrons. The molecule has 1 amide bonds. The Labute approximate surface area is 111 Å². The molecule has 8 N–H and O–H groups in total. The molecule has 0 aliphatic carbocycles. The smallest absolute Gasteiger partial charge is 0.405 e. The second kappa shape index (κ2) is 11.7. The first-order chi connectivity index (χ1) is 9.07. The summed E-state index contributed by atoms with van der Waals surface area (Å²) in [5.74, 6) is -1.20. The number of nitrogens with one attached hydrogen (secondary N) is 4. The van der Waals surface area contributed by atoms with E-state index in [1.54, 1.807) is 0 Å². The molecule has 0 saturated carbocycles. The van der Waals surface area contributed by atoms with Gasteiger partial charge < -0.3 is 37.2 Å². The largest absolute Gasteiger partial charge is 0.480 e. The van der Waals surface area contributed by atoms with Crippen molar-refractivity contribution >= 4 is 12.1 Å². The maximum atomic E-state index is 10.7. The third kappa shape index (κ3) is 11.4. The molecule has 9 heteroatoms. The third-order valence-corrected chi connectivity index (χ3v) is 2.22. The van der Waals surface area contributed by atoms with Crippen LogP contribution in [0.1, 0.15) is 0 Å². The molecule has 0 aromatic carbocycles. The van der Waals surface area contributed by atoms with Crippen LogP contribution in [0, 0.1) is 0 Å². The molecule has 0 fully saturated rings. The second-order valence-electron chi connectivity index (χ2n) is 3.83. The molecule has 0 rings (SSSR count). The average molecular weight is 277 g/mol. The van der Waals surface area contributed by atoms with E-state index in [0.29, 0.717) is 19.6 Å². The fourth-order valence-electron chi connectivity index (χ4n) is 1.30. The van der Waals surface area contributed by atoms with Gasteiger partial charge in [-0.05, 0) is 0 Å². The monoisotopic (exact) mass is 277 g/mol. The van der Waals surface area contributed by atoms with Crippen molar-refractivity contribution in [2.24, 2.45) is 5.73 Å². The van der Waals surface area contributed by atoms with Gasteiger partial charge in [0.25, 0.3) is 0 Å².